The summed E-state index contributed by atoms with van der Waals surface area (Å²) in [6.45, 7) is 4.12. The predicted octanol–water partition coefficient (Wildman–Crippen LogP) is 4.57. The number of hydrogen-bond donors (Lipinski definition) is 1. The SMILES string of the molecule is Cc1cc(C)cc(CSCc2ccc(C(=O)O)cc2F)c1. The first-order valence-corrected chi connectivity index (χ1v) is 7.78. The highest BCUT2D eigenvalue weighted by molar-refractivity contribution is 7.97. The minimum atomic E-state index is -1.11. The van der Waals surface area contributed by atoms with Crippen LogP contribution in [0.25, 0.3) is 0 Å². The molecule has 4 heteroatoms. The van der Waals surface area contributed by atoms with Crippen LogP contribution in [0.15, 0.2) is 36.4 Å². The first kappa shape index (κ1) is 15.6. The van der Waals surface area contributed by atoms with Gasteiger partial charge in [0, 0.05) is 11.5 Å². The van der Waals surface area contributed by atoms with E-state index in [9.17, 15) is 9.18 Å². The minimum absolute atomic E-state index is 0.0180. The summed E-state index contributed by atoms with van der Waals surface area (Å²) in [4.78, 5) is 10.8. The lowest BCUT2D eigenvalue weighted by molar-refractivity contribution is 0.0696. The van der Waals surface area contributed by atoms with E-state index in [0.29, 0.717) is 11.3 Å². The molecule has 0 heterocycles. The normalized spacial score (nSPS) is 10.6. The van der Waals surface area contributed by atoms with Crippen molar-refractivity contribution in [2.75, 3.05) is 0 Å². The lowest BCUT2D eigenvalue weighted by atomic mass is 10.1. The monoisotopic (exact) mass is 304 g/mol. The molecule has 0 aliphatic rings. The number of hydrogen-bond acceptors (Lipinski definition) is 2. The number of benzene rings is 2. The van der Waals surface area contributed by atoms with Crippen LogP contribution < -0.4 is 0 Å². The van der Waals surface area contributed by atoms with Gasteiger partial charge < -0.3 is 5.11 Å². The number of carboxylic acids is 1. The summed E-state index contributed by atoms with van der Waals surface area (Å²) in [7, 11) is 0. The Labute approximate surface area is 128 Å². The Morgan fingerprint density at radius 2 is 1.76 bits per heavy atom. The van der Waals surface area contributed by atoms with Gasteiger partial charge in [-0.2, -0.15) is 11.8 Å². The molecule has 2 aromatic rings. The lowest BCUT2D eigenvalue weighted by Gasteiger charge is -2.06. The molecule has 0 amide bonds. The number of carbonyl (C=O) groups is 1. The third kappa shape index (κ3) is 4.33. The Morgan fingerprint density at radius 1 is 1.10 bits per heavy atom. The summed E-state index contributed by atoms with van der Waals surface area (Å²) in [5.41, 5.74) is 4.19. The number of aryl methyl sites for hydroxylation is 2. The molecule has 0 aliphatic heterocycles. The fourth-order valence-corrected chi connectivity index (χ4v) is 3.19. The maximum absolute atomic E-state index is 13.8. The Hall–Kier alpha value is -1.81. The fourth-order valence-electron chi connectivity index (χ4n) is 2.23. The average molecular weight is 304 g/mol. The van der Waals surface area contributed by atoms with E-state index in [4.69, 9.17) is 5.11 Å². The molecule has 0 atom stereocenters. The van der Waals surface area contributed by atoms with Crippen LogP contribution in [0, 0.1) is 19.7 Å². The van der Waals surface area contributed by atoms with E-state index in [1.165, 1.54) is 22.8 Å². The topological polar surface area (TPSA) is 37.3 Å². The molecule has 2 rings (SSSR count). The molecule has 2 nitrogen and oxygen atoms in total. The zero-order chi connectivity index (χ0) is 15.4. The standard InChI is InChI=1S/C17H17FO2S/c1-11-5-12(2)7-13(6-11)9-21-10-15-4-3-14(17(19)20)8-16(15)18/h3-8H,9-10H2,1-2H3,(H,19,20). The van der Waals surface area contributed by atoms with Crippen molar-refractivity contribution in [3.8, 4) is 0 Å². The van der Waals surface area contributed by atoms with Gasteiger partial charge >= 0.3 is 5.97 Å². The third-order valence-electron chi connectivity index (χ3n) is 3.11. The highest BCUT2D eigenvalue weighted by atomic mass is 32.2. The zero-order valence-corrected chi connectivity index (χ0v) is 12.8. The molecule has 0 unspecified atom stereocenters. The van der Waals surface area contributed by atoms with Crippen LogP contribution in [0.5, 0.6) is 0 Å². The van der Waals surface area contributed by atoms with E-state index in [1.807, 2.05) is 0 Å². The molecule has 0 aliphatic carbocycles. The molecular weight excluding hydrogens is 287 g/mol. The summed E-state index contributed by atoms with van der Waals surface area (Å²) in [5, 5.41) is 8.80. The second kappa shape index (κ2) is 6.76. The van der Waals surface area contributed by atoms with Crippen molar-refractivity contribution in [1.29, 1.82) is 0 Å². The van der Waals surface area contributed by atoms with Crippen LogP contribution in [0.3, 0.4) is 0 Å². The zero-order valence-electron chi connectivity index (χ0n) is 12.0. The Balaban J connectivity index is 1.98. The summed E-state index contributed by atoms with van der Waals surface area (Å²) in [5.74, 6) is -0.229. The largest absolute Gasteiger partial charge is 0.478 e. The highest BCUT2D eigenvalue weighted by Gasteiger charge is 2.08. The second-order valence-corrected chi connectivity index (χ2v) is 6.09. The van der Waals surface area contributed by atoms with Crippen molar-refractivity contribution < 1.29 is 14.3 Å². The molecule has 0 radical (unpaired) electrons. The van der Waals surface area contributed by atoms with Gasteiger partial charge in [0.15, 0.2) is 0 Å². The van der Waals surface area contributed by atoms with Gasteiger partial charge in [-0.1, -0.05) is 35.4 Å². The van der Waals surface area contributed by atoms with Crippen molar-refractivity contribution in [2.24, 2.45) is 0 Å². The van der Waals surface area contributed by atoms with Gasteiger partial charge in [0.2, 0.25) is 0 Å². The summed E-state index contributed by atoms with van der Waals surface area (Å²) >= 11 is 1.62. The Morgan fingerprint density at radius 3 is 2.33 bits per heavy atom. The molecule has 110 valence electrons. The van der Waals surface area contributed by atoms with Crippen LogP contribution in [-0.4, -0.2) is 11.1 Å². The number of thioether (sulfide) groups is 1. The minimum Gasteiger partial charge on any atom is -0.478 e. The lowest BCUT2D eigenvalue weighted by Crippen LogP contribution is -1.98. The van der Waals surface area contributed by atoms with Gasteiger partial charge in [-0.3, -0.25) is 0 Å². The molecule has 1 N–H and O–H groups in total. The van der Waals surface area contributed by atoms with E-state index < -0.39 is 11.8 Å². The molecule has 0 bridgehead atoms. The van der Waals surface area contributed by atoms with Crippen molar-refractivity contribution >= 4 is 17.7 Å². The van der Waals surface area contributed by atoms with Crippen LogP contribution in [0.2, 0.25) is 0 Å². The summed E-state index contributed by atoms with van der Waals surface area (Å²) in [6, 6.07) is 10.5. The average Bonchev–Trinajstić information content (AvgIpc) is 2.39. The van der Waals surface area contributed by atoms with Gasteiger partial charge in [-0.25, -0.2) is 9.18 Å². The van der Waals surface area contributed by atoms with Gasteiger partial charge in [0.25, 0.3) is 0 Å². The van der Waals surface area contributed by atoms with Gasteiger partial charge in [-0.15, -0.1) is 0 Å². The van der Waals surface area contributed by atoms with E-state index >= 15 is 0 Å². The summed E-state index contributed by atoms with van der Waals surface area (Å²) < 4.78 is 13.8. The molecule has 2 aromatic carbocycles. The summed E-state index contributed by atoms with van der Waals surface area (Å²) in [6.07, 6.45) is 0. The van der Waals surface area contributed by atoms with Gasteiger partial charge in [-0.05, 0) is 37.1 Å². The maximum atomic E-state index is 13.8. The molecule has 0 saturated carbocycles. The molecule has 0 saturated heterocycles. The molecule has 0 aromatic heterocycles. The van der Waals surface area contributed by atoms with E-state index in [-0.39, 0.29) is 5.56 Å². The number of carboxylic acid groups (broad SMARTS) is 1. The predicted molar refractivity (Wildman–Crippen MR) is 84.3 cm³/mol. The molecule has 0 spiro atoms. The van der Waals surface area contributed by atoms with Crippen LogP contribution in [0.4, 0.5) is 4.39 Å². The van der Waals surface area contributed by atoms with Gasteiger partial charge in [0.1, 0.15) is 5.82 Å². The van der Waals surface area contributed by atoms with E-state index in [2.05, 4.69) is 32.0 Å². The highest BCUT2D eigenvalue weighted by Crippen LogP contribution is 2.22. The maximum Gasteiger partial charge on any atom is 0.335 e. The van der Waals surface area contributed by atoms with Gasteiger partial charge in [0.05, 0.1) is 5.56 Å². The number of aromatic carboxylic acids is 1. The Bertz CT molecular complexity index is 648. The number of halogens is 1. The smallest absolute Gasteiger partial charge is 0.335 e. The third-order valence-corrected chi connectivity index (χ3v) is 4.16. The Kier molecular flexibility index (Phi) is 5.02. The molecule has 21 heavy (non-hydrogen) atoms. The van der Waals surface area contributed by atoms with Crippen molar-refractivity contribution in [3.63, 3.8) is 0 Å². The second-order valence-electron chi connectivity index (χ2n) is 5.10. The van der Waals surface area contributed by atoms with Crippen LogP contribution >= 0.6 is 11.8 Å². The van der Waals surface area contributed by atoms with Crippen molar-refractivity contribution in [3.05, 3.63) is 70.0 Å². The number of rotatable bonds is 5. The first-order valence-electron chi connectivity index (χ1n) is 6.62. The van der Waals surface area contributed by atoms with Crippen molar-refractivity contribution in [2.45, 2.75) is 25.4 Å². The molecule has 0 fully saturated rings. The quantitative estimate of drug-likeness (QED) is 0.879. The van der Waals surface area contributed by atoms with E-state index in [1.54, 1.807) is 17.8 Å². The first-order chi connectivity index (χ1) is 9.95. The fraction of sp³-hybridized carbons (Fsp3) is 0.235. The van der Waals surface area contributed by atoms with E-state index in [0.717, 1.165) is 11.8 Å². The van der Waals surface area contributed by atoms with Crippen molar-refractivity contribution in [1.82, 2.24) is 0 Å². The van der Waals surface area contributed by atoms with Crippen LogP contribution in [0.1, 0.15) is 32.6 Å². The molecular formula is C17H17FO2S. The van der Waals surface area contributed by atoms with Crippen LogP contribution in [-0.2, 0) is 11.5 Å².